The molecule has 166 valence electrons. The van der Waals surface area contributed by atoms with Gasteiger partial charge < -0.3 is 4.90 Å². The third kappa shape index (κ3) is 5.64. The number of piperazine rings is 1. The normalized spacial score (nSPS) is 19.7. The van der Waals surface area contributed by atoms with Crippen molar-refractivity contribution < 1.29 is 4.79 Å². The van der Waals surface area contributed by atoms with Crippen molar-refractivity contribution in [2.45, 2.75) is 12.5 Å². The van der Waals surface area contributed by atoms with E-state index in [-0.39, 0.29) is 24.4 Å². The summed E-state index contributed by atoms with van der Waals surface area (Å²) in [4.78, 5) is 15.2. The largest absolute Gasteiger partial charge is 0.304 e. The number of hydrazine groups is 1. The fourth-order valence-corrected chi connectivity index (χ4v) is 4.23. The predicted octanol–water partition coefficient (Wildman–Crippen LogP) is 4.65. The third-order valence-corrected chi connectivity index (χ3v) is 6.14. The smallest absolute Gasteiger partial charge is 0.281 e. The molecule has 6 nitrogen and oxygen atoms in total. The fraction of sp³-hybridized carbons (Fsp3) is 0.333. The zero-order chi connectivity index (χ0) is 21.3. The van der Waals surface area contributed by atoms with Crippen LogP contribution in [0.15, 0.2) is 47.6 Å². The van der Waals surface area contributed by atoms with E-state index in [4.69, 9.17) is 34.8 Å². The zero-order valence-electron chi connectivity index (χ0n) is 16.9. The van der Waals surface area contributed by atoms with Crippen LogP contribution in [0.4, 0.5) is 5.69 Å². The average Bonchev–Trinajstić information content (AvgIpc) is 3.15. The number of amides is 1. The van der Waals surface area contributed by atoms with Crippen molar-refractivity contribution in [2.75, 3.05) is 38.2 Å². The van der Waals surface area contributed by atoms with Gasteiger partial charge in [0.15, 0.2) is 0 Å². The first-order valence-corrected chi connectivity index (χ1v) is 10.9. The lowest BCUT2D eigenvalue weighted by molar-refractivity contribution is -0.120. The van der Waals surface area contributed by atoms with Gasteiger partial charge in [0.05, 0.1) is 16.8 Å². The Labute approximate surface area is 203 Å². The number of carbonyl (C=O) groups is 1. The molecule has 0 aliphatic carbocycles. The van der Waals surface area contributed by atoms with Gasteiger partial charge in [0, 0.05) is 42.6 Å². The minimum absolute atomic E-state index is 0. The second-order valence-electron chi connectivity index (χ2n) is 7.49. The minimum atomic E-state index is -0.189. The summed E-state index contributed by atoms with van der Waals surface area (Å²) in [7, 11) is 2.07. The first kappa shape index (κ1) is 24.1. The van der Waals surface area contributed by atoms with Crippen molar-refractivity contribution in [3.63, 3.8) is 0 Å². The molecule has 4 rings (SSSR count). The Morgan fingerprint density at radius 3 is 2.29 bits per heavy atom. The van der Waals surface area contributed by atoms with Crippen LogP contribution in [-0.4, -0.2) is 54.8 Å². The molecule has 2 aromatic carbocycles. The summed E-state index contributed by atoms with van der Waals surface area (Å²) in [6.07, 6.45) is 0.458. The molecule has 0 aromatic heterocycles. The monoisotopic (exact) mass is 501 g/mol. The molecular formula is C21H23Cl4N5O. The van der Waals surface area contributed by atoms with Crippen molar-refractivity contribution in [1.29, 1.82) is 0 Å². The molecule has 2 aliphatic rings. The molecule has 1 amide bonds. The van der Waals surface area contributed by atoms with E-state index < -0.39 is 0 Å². The number of nitrogens with one attached hydrogen (secondary N) is 1. The first-order valence-electron chi connectivity index (χ1n) is 9.72. The van der Waals surface area contributed by atoms with Gasteiger partial charge in [0.2, 0.25) is 0 Å². The predicted molar refractivity (Wildman–Crippen MR) is 130 cm³/mol. The van der Waals surface area contributed by atoms with Crippen molar-refractivity contribution in [3.8, 4) is 0 Å². The summed E-state index contributed by atoms with van der Waals surface area (Å²) in [6, 6.07) is 12.6. The highest BCUT2D eigenvalue weighted by Crippen LogP contribution is 2.39. The van der Waals surface area contributed by atoms with Crippen molar-refractivity contribution >= 4 is 64.5 Å². The van der Waals surface area contributed by atoms with Gasteiger partial charge in [-0.25, -0.2) is 5.01 Å². The lowest BCUT2D eigenvalue weighted by Gasteiger charge is -2.32. The van der Waals surface area contributed by atoms with Crippen LogP contribution in [0.3, 0.4) is 0 Å². The average molecular weight is 503 g/mol. The molecule has 0 radical (unpaired) electrons. The number of nitrogens with zero attached hydrogens (tertiary/aromatic N) is 4. The topological polar surface area (TPSA) is 51.2 Å². The molecule has 0 saturated carbocycles. The van der Waals surface area contributed by atoms with Crippen LogP contribution in [0.5, 0.6) is 0 Å². The van der Waals surface area contributed by atoms with Crippen molar-refractivity contribution in [2.24, 2.45) is 5.10 Å². The molecule has 10 heteroatoms. The Hall–Kier alpha value is -1.54. The molecule has 1 unspecified atom stereocenters. The summed E-state index contributed by atoms with van der Waals surface area (Å²) in [6.45, 7) is 3.38. The molecule has 31 heavy (non-hydrogen) atoms. The van der Waals surface area contributed by atoms with E-state index >= 15 is 0 Å². The molecule has 2 heterocycles. The van der Waals surface area contributed by atoms with E-state index in [0.29, 0.717) is 32.9 Å². The highest BCUT2D eigenvalue weighted by Gasteiger charge is 2.34. The number of likely N-dealkylation sites (N-methyl/N-ethyl adjacent to an activating group) is 1. The van der Waals surface area contributed by atoms with Gasteiger partial charge in [-0.1, -0.05) is 46.9 Å². The molecule has 2 aromatic rings. The lowest BCUT2D eigenvalue weighted by atomic mass is 10.0. The van der Waals surface area contributed by atoms with E-state index in [9.17, 15) is 4.79 Å². The number of halogens is 4. The number of hydrogen-bond acceptors (Lipinski definition) is 5. The molecule has 0 bridgehead atoms. The van der Waals surface area contributed by atoms with Gasteiger partial charge >= 0.3 is 0 Å². The Morgan fingerprint density at radius 1 is 1.00 bits per heavy atom. The van der Waals surface area contributed by atoms with E-state index in [1.54, 1.807) is 17.1 Å². The molecule has 2 aliphatic heterocycles. The van der Waals surface area contributed by atoms with Crippen LogP contribution < -0.4 is 10.4 Å². The van der Waals surface area contributed by atoms with Gasteiger partial charge in [-0.15, -0.1) is 12.4 Å². The number of benzene rings is 2. The first-order chi connectivity index (χ1) is 14.4. The maximum absolute atomic E-state index is 12.9. The van der Waals surface area contributed by atoms with Crippen LogP contribution in [0.1, 0.15) is 18.0 Å². The lowest BCUT2D eigenvalue weighted by Crippen LogP contribution is -2.53. The van der Waals surface area contributed by atoms with Crippen molar-refractivity contribution in [1.82, 2.24) is 15.3 Å². The van der Waals surface area contributed by atoms with E-state index in [1.807, 2.05) is 35.3 Å². The van der Waals surface area contributed by atoms with Gasteiger partial charge in [0.1, 0.15) is 5.71 Å². The molecule has 1 atom stereocenters. The van der Waals surface area contributed by atoms with Crippen molar-refractivity contribution in [3.05, 3.63) is 63.1 Å². The second-order valence-corrected chi connectivity index (χ2v) is 8.77. The number of rotatable bonds is 4. The highest BCUT2D eigenvalue weighted by molar-refractivity contribution is 6.40. The summed E-state index contributed by atoms with van der Waals surface area (Å²) in [5.41, 5.74) is 5.15. The van der Waals surface area contributed by atoms with Crippen LogP contribution in [0.25, 0.3) is 0 Å². The fourth-order valence-electron chi connectivity index (χ4n) is 3.61. The number of hydrogen-bond donors (Lipinski definition) is 1. The summed E-state index contributed by atoms with van der Waals surface area (Å²) >= 11 is 18.6. The van der Waals surface area contributed by atoms with Gasteiger partial charge in [-0.05, 0) is 42.9 Å². The second kappa shape index (κ2) is 10.4. The maximum Gasteiger partial charge on any atom is 0.281 e. The van der Waals surface area contributed by atoms with E-state index in [0.717, 1.165) is 31.7 Å². The third-order valence-electron chi connectivity index (χ3n) is 5.35. The quantitative estimate of drug-likeness (QED) is 0.660. The zero-order valence-corrected chi connectivity index (χ0v) is 20.0. The molecule has 1 saturated heterocycles. The number of hydrazone groups is 1. The Morgan fingerprint density at radius 2 is 1.65 bits per heavy atom. The molecule has 0 spiro atoms. The standard InChI is InChI=1S/C21H22Cl3N5O.ClH/c1-27-8-10-28(11-9-27)26-21(30)18-13-20(14-2-4-15(22)5-3-14)29(25-18)19-7-6-16(23)12-17(19)24;/h2-7,12,20H,8-11,13H2,1H3,(H,26,30);1H. The minimum Gasteiger partial charge on any atom is -0.304 e. The maximum atomic E-state index is 12.9. The Kier molecular flexibility index (Phi) is 8.08. The molecule has 1 N–H and O–H groups in total. The SMILES string of the molecule is CN1CCN(NC(=O)C2=NN(c3ccc(Cl)cc3Cl)C(c3ccc(Cl)cc3)C2)CC1.Cl. The summed E-state index contributed by atoms with van der Waals surface area (Å²) in [5.74, 6) is -0.189. The van der Waals surface area contributed by atoms with E-state index in [2.05, 4.69) is 22.5 Å². The van der Waals surface area contributed by atoms with Gasteiger partial charge in [0.25, 0.3) is 5.91 Å². The highest BCUT2D eigenvalue weighted by atomic mass is 35.5. The number of carbonyl (C=O) groups excluding carboxylic acids is 1. The van der Waals surface area contributed by atoms with Crippen LogP contribution in [0, 0.1) is 0 Å². The van der Waals surface area contributed by atoms with Crippen LogP contribution in [0.2, 0.25) is 15.1 Å². The van der Waals surface area contributed by atoms with Gasteiger partial charge in [-0.2, -0.15) is 5.10 Å². The summed E-state index contributed by atoms with van der Waals surface area (Å²) < 4.78 is 0. The molecular weight excluding hydrogens is 480 g/mol. The van der Waals surface area contributed by atoms with Crippen LogP contribution >= 0.6 is 47.2 Å². The van der Waals surface area contributed by atoms with Gasteiger partial charge in [-0.3, -0.25) is 15.2 Å². The Bertz CT molecular complexity index is 961. The van der Waals surface area contributed by atoms with E-state index in [1.165, 1.54) is 0 Å². The molecule has 1 fully saturated rings. The van der Waals surface area contributed by atoms with Crippen LogP contribution in [-0.2, 0) is 4.79 Å². The number of anilines is 1. The Balaban J connectivity index is 0.00000272. The summed E-state index contributed by atoms with van der Waals surface area (Å²) in [5, 5.41) is 10.1.